The SMILES string of the molecule is O=C(O)CC(NC(=O)[C@@H]1CCCN(CCCc2ccc3c(n2)NCCC3)C1)c1cnn(-c2ccccc2)c1. The van der Waals surface area contributed by atoms with E-state index in [-0.39, 0.29) is 18.2 Å². The Morgan fingerprint density at radius 1 is 1.16 bits per heavy atom. The van der Waals surface area contributed by atoms with Crippen LogP contribution < -0.4 is 10.6 Å². The first-order valence-electron chi connectivity index (χ1n) is 13.6. The highest BCUT2D eigenvalue weighted by Crippen LogP contribution is 2.23. The third-order valence-electron chi connectivity index (χ3n) is 7.46. The number of amides is 1. The van der Waals surface area contributed by atoms with Gasteiger partial charge in [0.05, 0.1) is 30.3 Å². The maximum absolute atomic E-state index is 13.2. The van der Waals surface area contributed by atoms with Gasteiger partial charge in [-0.15, -0.1) is 0 Å². The van der Waals surface area contributed by atoms with E-state index in [4.69, 9.17) is 4.98 Å². The number of nitrogens with one attached hydrogen (secondary N) is 2. The highest BCUT2D eigenvalue weighted by Gasteiger charge is 2.29. The number of fused-ring (bicyclic) bond motifs is 1. The van der Waals surface area contributed by atoms with E-state index >= 15 is 0 Å². The van der Waals surface area contributed by atoms with Crippen LogP contribution in [0.3, 0.4) is 0 Å². The van der Waals surface area contributed by atoms with Crippen LogP contribution >= 0.6 is 0 Å². The predicted molar refractivity (Wildman–Crippen MR) is 145 cm³/mol. The quantitative estimate of drug-likeness (QED) is 0.377. The molecule has 1 fully saturated rings. The molecule has 2 aliphatic heterocycles. The smallest absolute Gasteiger partial charge is 0.305 e. The Balaban J connectivity index is 1.15. The number of carbonyl (C=O) groups is 2. The molecule has 9 heteroatoms. The monoisotopic (exact) mass is 516 g/mol. The molecule has 1 amide bonds. The molecule has 0 saturated carbocycles. The average molecular weight is 517 g/mol. The normalized spacial score (nSPS) is 18.3. The number of aliphatic carboxylic acids is 1. The number of benzene rings is 1. The van der Waals surface area contributed by atoms with E-state index in [0.29, 0.717) is 12.1 Å². The zero-order valence-electron chi connectivity index (χ0n) is 21.7. The highest BCUT2D eigenvalue weighted by molar-refractivity contribution is 5.80. The Kier molecular flexibility index (Phi) is 8.33. The van der Waals surface area contributed by atoms with Crippen LogP contribution in [0, 0.1) is 5.92 Å². The molecule has 0 bridgehead atoms. The molecule has 5 rings (SSSR count). The molecule has 4 heterocycles. The summed E-state index contributed by atoms with van der Waals surface area (Å²) in [6.45, 7) is 3.57. The molecule has 38 heavy (non-hydrogen) atoms. The van der Waals surface area contributed by atoms with Crippen LogP contribution in [0.1, 0.15) is 55.0 Å². The molecule has 0 radical (unpaired) electrons. The van der Waals surface area contributed by atoms with Gasteiger partial charge >= 0.3 is 5.97 Å². The van der Waals surface area contributed by atoms with E-state index in [0.717, 1.165) is 75.4 Å². The van der Waals surface area contributed by atoms with Gasteiger partial charge in [0, 0.05) is 30.5 Å². The van der Waals surface area contributed by atoms with Gasteiger partial charge in [-0.25, -0.2) is 9.67 Å². The van der Waals surface area contributed by atoms with Gasteiger partial charge < -0.3 is 20.6 Å². The summed E-state index contributed by atoms with van der Waals surface area (Å²) < 4.78 is 1.70. The van der Waals surface area contributed by atoms with Crippen molar-refractivity contribution < 1.29 is 14.7 Å². The maximum Gasteiger partial charge on any atom is 0.305 e. The van der Waals surface area contributed by atoms with Crippen molar-refractivity contribution in [3.8, 4) is 5.69 Å². The van der Waals surface area contributed by atoms with Gasteiger partial charge in [0.25, 0.3) is 0 Å². The summed E-state index contributed by atoms with van der Waals surface area (Å²) in [5, 5.41) is 20.3. The number of aryl methyl sites for hydroxylation is 2. The number of carbonyl (C=O) groups excluding carboxylic acids is 1. The van der Waals surface area contributed by atoms with Crippen molar-refractivity contribution in [1.29, 1.82) is 0 Å². The van der Waals surface area contributed by atoms with Crippen molar-refractivity contribution in [3.63, 3.8) is 0 Å². The molecule has 0 spiro atoms. The van der Waals surface area contributed by atoms with Crippen LogP contribution in [0.4, 0.5) is 5.82 Å². The van der Waals surface area contributed by atoms with Crippen LogP contribution in [-0.2, 0) is 22.4 Å². The van der Waals surface area contributed by atoms with E-state index < -0.39 is 12.0 Å². The van der Waals surface area contributed by atoms with Gasteiger partial charge in [0.15, 0.2) is 0 Å². The fourth-order valence-corrected chi connectivity index (χ4v) is 5.42. The molecule has 2 atom stereocenters. The lowest BCUT2D eigenvalue weighted by Gasteiger charge is -2.32. The van der Waals surface area contributed by atoms with E-state index in [1.807, 2.05) is 30.3 Å². The number of carboxylic acid groups (broad SMARTS) is 1. The van der Waals surface area contributed by atoms with Gasteiger partial charge in [0.2, 0.25) is 5.91 Å². The molecule has 1 saturated heterocycles. The van der Waals surface area contributed by atoms with E-state index in [9.17, 15) is 14.7 Å². The zero-order chi connectivity index (χ0) is 26.3. The zero-order valence-corrected chi connectivity index (χ0v) is 21.7. The number of likely N-dealkylation sites (tertiary alicyclic amines) is 1. The van der Waals surface area contributed by atoms with Crippen molar-refractivity contribution >= 4 is 17.7 Å². The first kappa shape index (κ1) is 25.9. The summed E-state index contributed by atoms with van der Waals surface area (Å²) in [5.74, 6) is -0.168. The van der Waals surface area contributed by atoms with Crippen LogP contribution in [0.15, 0.2) is 54.9 Å². The lowest BCUT2D eigenvalue weighted by molar-refractivity contribution is -0.138. The molecule has 0 aliphatic carbocycles. The number of piperidine rings is 1. The Morgan fingerprint density at radius 2 is 2.03 bits per heavy atom. The van der Waals surface area contributed by atoms with Crippen LogP contribution in [0.5, 0.6) is 0 Å². The van der Waals surface area contributed by atoms with Crippen LogP contribution in [-0.4, -0.2) is 62.8 Å². The Morgan fingerprint density at radius 3 is 2.87 bits per heavy atom. The summed E-state index contributed by atoms with van der Waals surface area (Å²) in [6.07, 6.45) is 9.15. The number of carboxylic acids is 1. The molecular formula is C29H36N6O3. The van der Waals surface area contributed by atoms with Gasteiger partial charge in [-0.2, -0.15) is 5.10 Å². The van der Waals surface area contributed by atoms with Crippen LogP contribution in [0.25, 0.3) is 5.69 Å². The number of hydrogen-bond acceptors (Lipinski definition) is 6. The van der Waals surface area contributed by atoms with Gasteiger partial charge in [-0.1, -0.05) is 24.3 Å². The van der Waals surface area contributed by atoms with Crippen molar-refractivity contribution in [3.05, 3.63) is 71.7 Å². The molecule has 2 aromatic heterocycles. The van der Waals surface area contributed by atoms with Crippen molar-refractivity contribution in [2.75, 3.05) is 31.5 Å². The van der Waals surface area contributed by atoms with Gasteiger partial charge in [-0.05, 0) is 75.4 Å². The molecule has 3 N–H and O–H groups in total. The molecule has 1 unspecified atom stereocenters. The molecule has 200 valence electrons. The number of anilines is 1. The standard InChI is InChI=1S/C29H36N6O3/c36-27(37)17-26(23-18-31-35(20-23)25-10-2-1-3-11-25)33-29(38)22-8-5-15-34(19-22)16-6-9-24-13-12-21-7-4-14-30-28(21)32-24/h1-3,10-13,18,20,22,26H,4-9,14-17,19H2,(H,30,32)(H,33,38)(H,36,37)/t22-,26?/m1/s1. The van der Waals surface area contributed by atoms with Crippen LogP contribution in [0.2, 0.25) is 0 Å². The number of aromatic nitrogens is 3. The molecular weight excluding hydrogens is 480 g/mol. The molecule has 1 aromatic carbocycles. The Hall–Kier alpha value is -3.72. The van der Waals surface area contributed by atoms with E-state index in [2.05, 4.69) is 32.8 Å². The van der Waals surface area contributed by atoms with E-state index in [1.54, 1.807) is 17.1 Å². The number of rotatable bonds is 10. The van der Waals surface area contributed by atoms with Gasteiger partial charge in [-0.3, -0.25) is 9.59 Å². The topological polar surface area (TPSA) is 112 Å². The number of nitrogens with zero attached hydrogens (tertiary/aromatic N) is 4. The predicted octanol–water partition coefficient (Wildman–Crippen LogP) is 3.60. The van der Waals surface area contributed by atoms with Crippen molar-refractivity contribution in [2.45, 2.75) is 51.0 Å². The lowest BCUT2D eigenvalue weighted by Crippen LogP contribution is -2.44. The third kappa shape index (κ3) is 6.58. The highest BCUT2D eigenvalue weighted by atomic mass is 16.4. The Labute approximate surface area is 223 Å². The minimum absolute atomic E-state index is 0.0872. The number of hydrogen-bond donors (Lipinski definition) is 3. The lowest BCUT2D eigenvalue weighted by atomic mass is 9.95. The summed E-state index contributed by atoms with van der Waals surface area (Å²) in [6, 6.07) is 13.3. The number of para-hydroxylation sites is 1. The minimum atomic E-state index is -0.959. The van der Waals surface area contributed by atoms with Crippen molar-refractivity contribution in [1.82, 2.24) is 25.0 Å². The molecule has 2 aliphatic rings. The third-order valence-corrected chi connectivity index (χ3v) is 7.46. The maximum atomic E-state index is 13.2. The van der Waals surface area contributed by atoms with E-state index in [1.165, 1.54) is 5.56 Å². The number of pyridine rings is 1. The second-order valence-electron chi connectivity index (χ2n) is 10.3. The molecule has 3 aromatic rings. The summed E-state index contributed by atoms with van der Waals surface area (Å²) in [4.78, 5) is 32.0. The fraction of sp³-hybridized carbons (Fsp3) is 0.448. The van der Waals surface area contributed by atoms with Gasteiger partial charge in [0.1, 0.15) is 5.82 Å². The minimum Gasteiger partial charge on any atom is -0.481 e. The molecule has 9 nitrogen and oxygen atoms in total. The largest absolute Gasteiger partial charge is 0.481 e. The first-order valence-corrected chi connectivity index (χ1v) is 13.6. The summed E-state index contributed by atoms with van der Waals surface area (Å²) in [7, 11) is 0. The average Bonchev–Trinajstić information content (AvgIpc) is 3.44. The second-order valence-corrected chi connectivity index (χ2v) is 10.3. The first-order chi connectivity index (χ1) is 18.5. The summed E-state index contributed by atoms with van der Waals surface area (Å²) >= 11 is 0. The summed E-state index contributed by atoms with van der Waals surface area (Å²) in [5.41, 5.74) is 3.98. The fourth-order valence-electron chi connectivity index (χ4n) is 5.42. The van der Waals surface area contributed by atoms with Crippen molar-refractivity contribution in [2.24, 2.45) is 5.92 Å². The second kappa shape index (κ2) is 12.2. The Bertz CT molecular complexity index is 1240.